The molecular weight excluding hydrogens is 214 g/mol. The van der Waals surface area contributed by atoms with E-state index in [9.17, 15) is 0 Å². The van der Waals surface area contributed by atoms with Gasteiger partial charge in [0, 0.05) is 12.1 Å². The summed E-state index contributed by atoms with van der Waals surface area (Å²) in [6, 6.07) is 2.14. The second kappa shape index (κ2) is 5.81. The van der Waals surface area contributed by atoms with E-state index in [1.54, 1.807) is 6.92 Å². The van der Waals surface area contributed by atoms with Crippen LogP contribution in [0.3, 0.4) is 0 Å². The van der Waals surface area contributed by atoms with Crippen molar-refractivity contribution in [3.63, 3.8) is 0 Å². The van der Waals surface area contributed by atoms with Crippen molar-refractivity contribution in [2.24, 2.45) is 5.73 Å². The van der Waals surface area contributed by atoms with Gasteiger partial charge in [-0.3, -0.25) is 4.90 Å². The molecule has 0 aromatic heterocycles. The van der Waals surface area contributed by atoms with Crippen molar-refractivity contribution < 1.29 is 4.74 Å². The van der Waals surface area contributed by atoms with Gasteiger partial charge in [-0.25, -0.2) is 0 Å². The molecule has 1 heterocycles. The molecule has 4 nitrogen and oxygen atoms in total. The van der Waals surface area contributed by atoms with E-state index in [2.05, 4.69) is 24.8 Å². The highest BCUT2D eigenvalue weighted by Gasteiger charge is 2.29. The summed E-state index contributed by atoms with van der Waals surface area (Å²) in [5, 5.41) is 8.82. The Hall–Kier alpha value is -0.630. The Bertz CT molecular complexity index is 281. The van der Waals surface area contributed by atoms with Crippen molar-refractivity contribution in [3.8, 4) is 6.07 Å². The maximum atomic E-state index is 8.82. The average Bonchev–Trinajstić information content (AvgIpc) is 2.26. The number of ether oxygens (including phenoxy) is 1. The van der Waals surface area contributed by atoms with E-state index in [0.717, 1.165) is 45.6 Å². The normalized spacial score (nSPS) is 23.9. The molecule has 17 heavy (non-hydrogen) atoms. The Balaban J connectivity index is 2.25. The van der Waals surface area contributed by atoms with Crippen molar-refractivity contribution in [3.05, 3.63) is 0 Å². The molecule has 1 atom stereocenters. The van der Waals surface area contributed by atoms with Gasteiger partial charge < -0.3 is 10.5 Å². The molecule has 0 aromatic rings. The zero-order valence-corrected chi connectivity index (χ0v) is 11.3. The lowest BCUT2D eigenvalue weighted by Crippen LogP contribution is -2.53. The van der Waals surface area contributed by atoms with Gasteiger partial charge in [0.2, 0.25) is 0 Å². The number of hydrogen-bond donors (Lipinski definition) is 1. The smallest absolute Gasteiger partial charge is 0.101 e. The minimum Gasteiger partial charge on any atom is -0.378 e. The fourth-order valence-corrected chi connectivity index (χ4v) is 2.16. The number of nitrogens with zero attached hydrogens (tertiary/aromatic N) is 2. The van der Waals surface area contributed by atoms with Gasteiger partial charge in [-0.15, -0.1) is 0 Å². The van der Waals surface area contributed by atoms with Crippen LogP contribution in [-0.2, 0) is 4.74 Å². The highest BCUT2D eigenvalue weighted by Crippen LogP contribution is 2.20. The summed E-state index contributed by atoms with van der Waals surface area (Å²) in [4.78, 5) is 2.47. The van der Waals surface area contributed by atoms with Crippen LogP contribution in [-0.4, -0.2) is 42.3 Å². The number of nitriles is 1. The first kappa shape index (κ1) is 14.4. The third-order valence-electron chi connectivity index (χ3n) is 3.45. The van der Waals surface area contributed by atoms with E-state index in [1.165, 1.54) is 0 Å². The molecular formula is C13H25N3O. The van der Waals surface area contributed by atoms with Crippen molar-refractivity contribution in [2.45, 2.75) is 51.1 Å². The van der Waals surface area contributed by atoms with Crippen LogP contribution in [0.15, 0.2) is 0 Å². The first-order chi connectivity index (χ1) is 7.87. The predicted octanol–water partition coefficient (Wildman–Crippen LogP) is 1.51. The monoisotopic (exact) mass is 239 g/mol. The molecule has 0 aromatic carbocycles. The van der Waals surface area contributed by atoms with Crippen LogP contribution in [0.2, 0.25) is 0 Å². The van der Waals surface area contributed by atoms with Gasteiger partial charge in [0.1, 0.15) is 5.54 Å². The van der Waals surface area contributed by atoms with E-state index in [4.69, 9.17) is 15.7 Å². The van der Waals surface area contributed by atoms with Gasteiger partial charge in [-0.1, -0.05) is 0 Å². The van der Waals surface area contributed by atoms with Gasteiger partial charge >= 0.3 is 0 Å². The standard InChI is InChI=1S/C13H25N3O/c1-12(2)11-17-9-8-16(12)7-5-4-6-13(3,15)10-14/h4-9,11,15H2,1-3H3. The third kappa shape index (κ3) is 4.63. The molecule has 0 aliphatic carbocycles. The van der Waals surface area contributed by atoms with Crippen LogP contribution in [0, 0.1) is 11.3 Å². The van der Waals surface area contributed by atoms with E-state index < -0.39 is 5.54 Å². The second-order valence-electron chi connectivity index (χ2n) is 5.84. The number of hydrogen-bond acceptors (Lipinski definition) is 4. The van der Waals surface area contributed by atoms with Gasteiger partial charge in [0.25, 0.3) is 0 Å². The number of morpholine rings is 1. The maximum absolute atomic E-state index is 8.82. The summed E-state index contributed by atoms with van der Waals surface area (Å²) in [7, 11) is 0. The summed E-state index contributed by atoms with van der Waals surface area (Å²) in [6.07, 6.45) is 2.88. The summed E-state index contributed by atoms with van der Waals surface area (Å²) in [6.45, 7) is 9.94. The van der Waals surface area contributed by atoms with Crippen LogP contribution >= 0.6 is 0 Å². The molecule has 0 saturated carbocycles. The van der Waals surface area contributed by atoms with E-state index in [0.29, 0.717) is 0 Å². The quantitative estimate of drug-likeness (QED) is 0.739. The molecule has 1 aliphatic rings. The molecule has 0 bridgehead atoms. The topological polar surface area (TPSA) is 62.3 Å². The molecule has 1 saturated heterocycles. The SMILES string of the molecule is CC(N)(C#N)CCCCN1CCOCC1(C)C. The molecule has 0 amide bonds. The van der Waals surface area contributed by atoms with Crippen molar-refractivity contribution in [2.75, 3.05) is 26.3 Å². The molecule has 0 spiro atoms. The molecule has 98 valence electrons. The minimum atomic E-state index is -0.666. The van der Waals surface area contributed by atoms with Gasteiger partial charge in [0.15, 0.2) is 0 Å². The first-order valence-electron chi connectivity index (χ1n) is 6.40. The highest BCUT2D eigenvalue weighted by atomic mass is 16.5. The Morgan fingerprint density at radius 3 is 2.76 bits per heavy atom. The van der Waals surface area contributed by atoms with Gasteiger partial charge in [-0.05, 0) is 46.6 Å². The molecule has 1 aliphatic heterocycles. The second-order valence-corrected chi connectivity index (χ2v) is 5.84. The Morgan fingerprint density at radius 1 is 1.47 bits per heavy atom. The number of nitrogens with two attached hydrogens (primary N) is 1. The summed E-state index contributed by atoms with van der Waals surface area (Å²) in [5.41, 5.74) is 5.27. The zero-order valence-electron chi connectivity index (χ0n) is 11.3. The lowest BCUT2D eigenvalue weighted by Gasteiger charge is -2.42. The lowest BCUT2D eigenvalue weighted by atomic mass is 9.97. The number of unbranched alkanes of at least 4 members (excludes halogenated alkanes) is 1. The van der Waals surface area contributed by atoms with Gasteiger partial charge in [0.05, 0.1) is 19.3 Å². The fourth-order valence-electron chi connectivity index (χ4n) is 2.16. The van der Waals surface area contributed by atoms with Crippen molar-refractivity contribution in [1.82, 2.24) is 4.90 Å². The van der Waals surface area contributed by atoms with Crippen molar-refractivity contribution in [1.29, 1.82) is 5.26 Å². The van der Waals surface area contributed by atoms with E-state index >= 15 is 0 Å². The summed E-state index contributed by atoms with van der Waals surface area (Å²) in [5.74, 6) is 0. The molecule has 1 rings (SSSR count). The molecule has 1 fully saturated rings. The minimum absolute atomic E-state index is 0.138. The molecule has 1 unspecified atom stereocenters. The molecule has 4 heteroatoms. The summed E-state index contributed by atoms with van der Waals surface area (Å²) >= 11 is 0. The first-order valence-corrected chi connectivity index (χ1v) is 6.40. The fraction of sp³-hybridized carbons (Fsp3) is 0.923. The number of rotatable bonds is 5. The lowest BCUT2D eigenvalue weighted by molar-refractivity contribution is -0.0514. The van der Waals surface area contributed by atoms with Crippen LogP contribution in [0.5, 0.6) is 0 Å². The zero-order chi connectivity index (χ0) is 12.9. The maximum Gasteiger partial charge on any atom is 0.101 e. The van der Waals surface area contributed by atoms with Crippen LogP contribution < -0.4 is 5.73 Å². The summed E-state index contributed by atoms with van der Waals surface area (Å²) < 4.78 is 5.49. The van der Waals surface area contributed by atoms with Crippen LogP contribution in [0.1, 0.15) is 40.0 Å². The van der Waals surface area contributed by atoms with Gasteiger partial charge in [-0.2, -0.15) is 5.26 Å². The molecule has 2 N–H and O–H groups in total. The van der Waals surface area contributed by atoms with Crippen LogP contribution in [0.4, 0.5) is 0 Å². The Kier molecular flexibility index (Phi) is 4.93. The highest BCUT2D eigenvalue weighted by molar-refractivity contribution is 5.00. The predicted molar refractivity (Wildman–Crippen MR) is 68.5 cm³/mol. The third-order valence-corrected chi connectivity index (χ3v) is 3.45. The average molecular weight is 239 g/mol. The van der Waals surface area contributed by atoms with E-state index in [-0.39, 0.29) is 5.54 Å². The Morgan fingerprint density at radius 2 is 2.18 bits per heavy atom. The van der Waals surface area contributed by atoms with E-state index in [1.807, 2.05) is 0 Å². The van der Waals surface area contributed by atoms with Crippen molar-refractivity contribution >= 4 is 0 Å². The van der Waals surface area contributed by atoms with Crippen LogP contribution in [0.25, 0.3) is 0 Å². The largest absolute Gasteiger partial charge is 0.378 e. The Labute approximate surface area is 105 Å². The molecule has 0 radical (unpaired) electrons.